The number of esters is 1. The number of hydrogen-bond donors (Lipinski definition) is 7. The largest absolute Gasteiger partial charge is 0.465 e. The van der Waals surface area contributed by atoms with Crippen LogP contribution in [-0.4, -0.2) is 79.8 Å². The number of hydrogen-bond acceptors (Lipinski definition) is 15. The van der Waals surface area contributed by atoms with Crippen LogP contribution in [0.3, 0.4) is 0 Å². The Labute approximate surface area is 334 Å². The molecule has 10 N–H and O–H groups in total. The predicted molar refractivity (Wildman–Crippen MR) is 205 cm³/mol. The molecular weight excluding hydrogens is 792 g/mol. The van der Waals surface area contributed by atoms with Crippen LogP contribution in [-0.2, 0) is 47.8 Å². The molecule has 2 unspecified atom stereocenters. The van der Waals surface area contributed by atoms with E-state index < -0.39 is 57.5 Å². The molecule has 2 aromatic carbocycles. The smallest absolute Gasteiger partial charge is 0.343 e. The number of fused-ring (bicyclic) bond motifs is 2. The van der Waals surface area contributed by atoms with Crippen molar-refractivity contribution < 1.29 is 32.7 Å². The molecular formula is C36H33F2N15O7. The lowest BCUT2D eigenvalue weighted by Crippen LogP contribution is -2.44. The SMILES string of the molecule is CC1(C(N)=O)C(=O)Nc2nc(-c3nn(Cc4ccccc4F)c(=O)[nH]3)nc(N)c21.CCOC(=O)C1(C)C(=O)Nc2nc(-c3nn(Cc4ccccc4F)c(=O)[nH]3)nc(N)c21. The van der Waals surface area contributed by atoms with Gasteiger partial charge in [0.15, 0.2) is 22.5 Å². The van der Waals surface area contributed by atoms with E-state index >= 15 is 0 Å². The van der Waals surface area contributed by atoms with Gasteiger partial charge in [0.2, 0.25) is 29.4 Å². The molecule has 2 aliphatic rings. The maximum absolute atomic E-state index is 13.9. The van der Waals surface area contributed by atoms with Crippen LogP contribution < -0.4 is 39.2 Å². The summed E-state index contributed by atoms with van der Waals surface area (Å²) in [7, 11) is 0. The number of nitrogen functional groups attached to an aromatic ring is 2. The van der Waals surface area contributed by atoms with E-state index in [-0.39, 0.29) is 88.5 Å². The molecule has 0 spiro atoms. The lowest BCUT2D eigenvalue weighted by Gasteiger charge is -2.20. The number of ether oxygens (including phenoxy) is 1. The molecule has 308 valence electrons. The van der Waals surface area contributed by atoms with Crippen molar-refractivity contribution in [1.82, 2.24) is 49.5 Å². The second-order valence-corrected chi connectivity index (χ2v) is 13.6. The molecule has 0 fully saturated rings. The Kier molecular flexibility index (Phi) is 9.98. The molecule has 3 amide bonds. The normalized spacial score (nSPS) is 17.6. The number of amides is 3. The molecule has 6 heterocycles. The first-order valence-corrected chi connectivity index (χ1v) is 17.7. The Bertz CT molecular complexity index is 2890. The Morgan fingerprint density at radius 3 is 1.53 bits per heavy atom. The number of carbonyl (C=O) groups excluding carboxylic acids is 4. The average Bonchev–Trinajstić information content (AvgIpc) is 3.91. The highest BCUT2D eigenvalue weighted by molar-refractivity contribution is 6.21. The summed E-state index contributed by atoms with van der Waals surface area (Å²) < 4.78 is 34.8. The third kappa shape index (κ3) is 6.73. The van der Waals surface area contributed by atoms with Gasteiger partial charge in [0.1, 0.15) is 34.9 Å². The van der Waals surface area contributed by atoms with Gasteiger partial charge in [-0.3, -0.25) is 29.1 Å². The van der Waals surface area contributed by atoms with Crippen molar-refractivity contribution in [2.45, 2.75) is 44.7 Å². The molecule has 24 heteroatoms. The molecule has 4 aromatic heterocycles. The molecule has 2 atom stereocenters. The lowest BCUT2D eigenvalue weighted by molar-refractivity contribution is -0.152. The Morgan fingerprint density at radius 2 is 1.12 bits per heavy atom. The summed E-state index contributed by atoms with van der Waals surface area (Å²) >= 11 is 0. The fraction of sp³-hybridized carbons (Fsp3) is 0.222. The quantitative estimate of drug-likeness (QED) is 0.0749. The van der Waals surface area contributed by atoms with Crippen LogP contribution in [0.5, 0.6) is 0 Å². The van der Waals surface area contributed by atoms with Gasteiger partial charge in [0.25, 0.3) is 0 Å². The van der Waals surface area contributed by atoms with E-state index in [9.17, 15) is 37.5 Å². The van der Waals surface area contributed by atoms with Crippen LogP contribution in [0, 0.1) is 11.6 Å². The molecule has 0 radical (unpaired) electrons. The fourth-order valence-corrected chi connectivity index (χ4v) is 6.44. The minimum atomic E-state index is -1.71. The maximum atomic E-state index is 13.9. The average molecular weight is 826 g/mol. The van der Waals surface area contributed by atoms with E-state index in [1.807, 2.05) is 0 Å². The van der Waals surface area contributed by atoms with E-state index in [2.05, 4.69) is 50.7 Å². The zero-order valence-electron chi connectivity index (χ0n) is 31.7. The number of benzene rings is 2. The number of nitrogens with one attached hydrogen (secondary N) is 4. The van der Waals surface area contributed by atoms with Crippen molar-refractivity contribution in [3.63, 3.8) is 0 Å². The van der Waals surface area contributed by atoms with Crippen LogP contribution in [0.1, 0.15) is 43.0 Å². The predicted octanol–water partition coefficient (Wildman–Crippen LogP) is 0.0640. The van der Waals surface area contributed by atoms with Gasteiger partial charge in [0, 0.05) is 11.1 Å². The summed E-state index contributed by atoms with van der Waals surface area (Å²) in [5.74, 6) is -4.48. The van der Waals surface area contributed by atoms with Gasteiger partial charge in [0.05, 0.1) is 30.8 Å². The second-order valence-electron chi connectivity index (χ2n) is 13.6. The standard InChI is InChI=1S/C19H18FN7O4.C17H15FN8O3/c1-3-31-17(29)19(2)11-12(21)22-14(23-13(11)24-16(19)28)15-25-18(30)27(26-15)8-9-6-4-5-7-10(9)20;1-17(14(20)27)9-10(19)21-12(22-11(9)23-15(17)28)13-24-16(29)26(25-13)6-7-4-2-3-5-8(7)18/h4-7H,3,8H2,1-2H3,(H,25,26,30)(H3,21,22,23,24,28);2-5H,6H2,1H3,(H2,20,27)(H,24,25,29)(H3,19,21,22,23,28). The third-order valence-corrected chi connectivity index (χ3v) is 9.76. The molecule has 2 aliphatic heterocycles. The number of aromatic nitrogens is 10. The third-order valence-electron chi connectivity index (χ3n) is 9.76. The maximum Gasteiger partial charge on any atom is 0.343 e. The lowest BCUT2D eigenvalue weighted by atomic mass is 9.84. The minimum absolute atomic E-state index is 0.00306. The Morgan fingerprint density at radius 1 is 0.700 bits per heavy atom. The van der Waals surface area contributed by atoms with Crippen LogP contribution in [0.15, 0.2) is 58.1 Å². The van der Waals surface area contributed by atoms with Crippen LogP contribution in [0.2, 0.25) is 0 Å². The van der Waals surface area contributed by atoms with Crippen molar-refractivity contribution in [2.24, 2.45) is 5.73 Å². The summed E-state index contributed by atoms with van der Waals surface area (Å²) in [6, 6.07) is 12.0. The van der Waals surface area contributed by atoms with Gasteiger partial charge in [-0.25, -0.2) is 47.7 Å². The molecule has 0 bridgehead atoms. The van der Waals surface area contributed by atoms with Crippen molar-refractivity contribution in [3.05, 3.63) is 103 Å². The molecule has 6 aromatic rings. The van der Waals surface area contributed by atoms with Crippen LogP contribution in [0.4, 0.5) is 32.1 Å². The number of primary amides is 1. The van der Waals surface area contributed by atoms with Gasteiger partial charge in [-0.2, -0.15) is 0 Å². The zero-order valence-corrected chi connectivity index (χ0v) is 31.7. The summed E-state index contributed by atoms with van der Waals surface area (Å²) in [4.78, 5) is 94.9. The highest BCUT2D eigenvalue weighted by atomic mass is 19.1. The highest BCUT2D eigenvalue weighted by Gasteiger charge is 2.54. The number of halogens is 2. The number of carbonyl (C=O) groups is 4. The van der Waals surface area contributed by atoms with E-state index in [0.29, 0.717) is 0 Å². The molecule has 0 saturated carbocycles. The number of nitrogens with two attached hydrogens (primary N) is 3. The van der Waals surface area contributed by atoms with E-state index in [0.717, 1.165) is 9.36 Å². The molecule has 0 saturated heterocycles. The Balaban J connectivity index is 0.000000182. The first-order chi connectivity index (χ1) is 28.5. The van der Waals surface area contributed by atoms with Gasteiger partial charge < -0.3 is 32.6 Å². The zero-order chi connectivity index (χ0) is 43.3. The van der Waals surface area contributed by atoms with Crippen molar-refractivity contribution >= 4 is 47.0 Å². The summed E-state index contributed by atoms with van der Waals surface area (Å²) in [5, 5.41) is 13.1. The molecule has 22 nitrogen and oxygen atoms in total. The first-order valence-electron chi connectivity index (χ1n) is 17.7. The van der Waals surface area contributed by atoms with Crippen molar-refractivity contribution in [3.8, 4) is 23.3 Å². The summed E-state index contributed by atoms with van der Waals surface area (Å²) in [6.07, 6.45) is 0. The fourth-order valence-electron chi connectivity index (χ4n) is 6.44. The van der Waals surface area contributed by atoms with Gasteiger partial charge in [-0.05, 0) is 32.9 Å². The number of nitrogens with zero attached hydrogens (tertiary/aromatic N) is 8. The van der Waals surface area contributed by atoms with Crippen molar-refractivity contribution in [2.75, 3.05) is 28.7 Å². The number of H-pyrrole nitrogens is 2. The number of aromatic amines is 2. The highest BCUT2D eigenvalue weighted by Crippen LogP contribution is 2.42. The number of anilines is 4. The van der Waals surface area contributed by atoms with E-state index in [1.165, 1.54) is 50.2 Å². The summed E-state index contributed by atoms with van der Waals surface area (Å²) in [5.41, 5.74) is 13.4. The molecule has 0 aliphatic carbocycles. The van der Waals surface area contributed by atoms with E-state index in [1.54, 1.807) is 19.1 Å². The van der Waals surface area contributed by atoms with Gasteiger partial charge >= 0.3 is 17.3 Å². The monoisotopic (exact) mass is 825 g/mol. The second kappa shape index (κ2) is 15.0. The summed E-state index contributed by atoms with van der Waals surface area (Å²) in [6.45, 7) is 4.17. The number of rotatable bonds is 9. The minimum Gasteiger partial charge on any atom is -0.465 e. The van der Waals surface area contributed by atoms with Gasteiger partial charge in [-0.15, -0.1) is 10.2 Å². The molecule has 60 heavy (non-hydrogen) atoms. The van der Waals surface area contributed by atoms with Crippen molar-refractivity contribution in [1.29, 1.82) is 0 Å². The van der Waals surface area contributed by atoms with Gasteiger partial charge in [-0.1, -0.05) is 36.4 Å². The first kappa shape index (κ1) is 40.0. The topological polar surface area (TPSA) is 333 Å². The van der Waals surface area contributed by atoms with Crippen LogP contribution in [0.25, 0.3) is 23.3 Å². The van der Waals surface area contributed by atoms with E-state index in [4.69, 9.17) is 21.9 Å². The Hall–Kier alpha value is -8.18. The molecule has 8 rings (SSSR count). The van der Waals surface area contributed by atoms with Crippen LogP contribution >= 0.6 is 0 Å².